The van der Waals surface area contributed by atoms with Crippen LogP contribution < -0.4 is 5.32 Å². The van der Waals surface area contributed by atoms with E-state index in [1.807, 2.05) is 0 Å². The first-order valence-corrected chi connectivity index (χ1v) is 8.46. The molecule has 0 aliphatic carbocycles. The van der Waals surface area contributed by atoms with Crippen molar-refractivity contribution in [2.24, 2.45) is 0 Å². The Hall–Kier alpha value is -2.46. The summed E-state index contributed by atoms with van der Waals surface area (Å²) < 4.78 is 36.0. The number of unbranched alkanes of at least 4 members (excludes halogenated alkanes) is 1. The first kappa shape index (κ1) is 20.8. The van der Waals surface area contributed by atoms with Crippen LogP contribution in [0.3, 0.4) is 0 Å². The van der Waals surface area contributed by atoms with Gasteiger partial charge < -0.3 is 10.5 Å². The minimum absolute atomic E-state index is 0.138. The van der Waals surface area contributed by atoms with Gasteiger partial charge in [-0.05, 0) is 31.4 Å². The molecule has 0 aromatic heterocycles. The molecule has 0 spiro atoms. The van der Waals surface area contributed by atoms with Gasteiger partial charge in [0.05, 0.1) is 11.1 Å². The van der Waals surface area contributed by atoms with Gasteiger partial charge in [0.2, 0.25) is 0 Å². The molecule has 0 radical (unpaired) electrons. The van der Waals surface area contributed by atoms with Gasteiger partial charge >= 0.3 is 12.1 Å². The lowest BCUT2D eigenvalue weighted by atomic mass is 10.1. The number of nitrogens with zero attached hydrogens (tertiary/aromatic N) is 2. The number of benzene rings is 1. The number of alkyl halides is 3. The molecule has 1 aromatic rings. The fourth-order valence-electron chi connectivity index (χ4n) is 2.69. The molecule has 2 rings (SSSR count). The third kappa shape index (κ3) is 5.51. The SMILES string of the molecule is O=C1c2ccccc2C(=O)N1CCCN(O)CCCCNC(=O)C(F)(F)F. The van der Waals surface area contributed by atoms with Gasteiger partial charge in [0.25, 0.3) is 11.8 Å². The monoisotopic (exact) mass is 387 g/mol. The standard InChI is InChI=1S/C17H20F3N3O4/c18-17(19,20)16(26)21-8-3-4-9-22(27)10-5-11-23-14(24)12-6-1-2-7-13(12)15(23)25/h1-2,6-7,27H,3-5,8-11H2,(H,21,26). The molecule has 2 N–H and O–H groups in total. The van der Waals surface area contributed by atoms with E-state index in [9.17, 15) is 32.8 Å². The Kier molecular flexibility index (Phi) is 6.92. The third-order valence-corrected chi connectivity index (χ3v) is 4.06. The van der Waals surface area contributed by atoms with Crippen LogP contribution in [-0.2, 0) is 4.79 Å². The van der Waals surface area contributed by atoms with E-state index in [2.05, 4.69) is 0 Å². The number of amides is 3. The smallest absolute Gasteiger partial charge is 0.348 e. The minimum atomic E-state index is -4.90. The zero-order valence-electron chi connectivity index (χ0n) is 14.5. The number of rotatable bonds is 9. The van der Waals surface area contributed by atoms with Gasteiger partial charge in [-0.1, -0.05) is 12.1 Å². The molecular weight excluding hydrogens is 367 g/mol. The van der Waals surface area contributed by atoms with Crippen LogP contribution in [0.2, 0.25) is 0 Å². The highest BCUT2D eigenvalue weighted by atomic mass is 19.4. The first-order valence-electron chi connectivity index (χ1n) is 8.46. The summed E-state index contributed by atoms with van der Waals surface area (Å²) in [4.78, 5) is 36.1. The van der Waals surface area contributed by atoms with Crippen LogP contribution in [0.4, 0.5) is 13.2 Å². The van der Waals surface area contributed by atoms with Crippen molar-refractivity contribution in [3.63, 3.8) is 0 Å². The molecule has 1 aliphatic heterocycles. The highest BCUT2D eigenvalue weighted by Crippen LogP contribution is 2.22. The second-order valence-electron chi connectivity index (χ2n) is 6.08. The molecule has 0 atom stereocenters. The number of carbonyl (C=O) groups excluding carboxylic acids is 3. The lowest BCUT2D eigenvalue weighted by molar-refractivity contribution is -0.173. The van der Waals surface area contributed by atoms with Crippen LogP contribution in [0.15, 0.2) is 24.3 Å². The Balaban J connectivity index is 1.62. The first-order chi connectivity index (χ1) is 12.7. The van der Waals surface area contributed by atoms with E-state index in [0.717, 1.165) is 9.96 Å². The summed E-state index contributed by atoms with van der Waals surface area (Å²) in [6.45, 7) is 0.415. The Morgan fingerprint density at radius 3 is 2.15 bits per heavy atom. The van der Waals surface area contributed by atoms with Crippen molar-refractivity contribution in [3.8, 4) is 0 Å². The van der Waals surface area contributed by atoms with E-state index in [1.165, 1.54) is 0 Å². The second kappa shape index (κ2) is 8.96. The Morgan fingerprint density at radius 1 is 1.04 bits per heavy atom. The summed E-state index contributed by atoms with van der Waals surface area (Å²) >= 11 is 0. The van der Waals surface area contributed by atoms with Crippen LogP contribution in [-0.4, -0.2) is 65.2 Å². The summed E-state index contributed by atoms with van der Waals surface area (Å²) in [5.41, 5.74) is 0.730. The predicted molar refractivity (Wildman–Crippen MR) is 88.1 cm³/mol. The average molecular weight is 387 g/mol. The highest BCUT2D eigenvalue weighted by molar-refractivity contribution is 6.21. The molecule has 1 aromatic carbocycles. The minimum Gasteiger partial charge on any atom is -0.348 e. The number of hydrogen-bond acceptors (Lipinski definition) is 5. The fraction of sp³-hybridized carbons (Fsp3) is 0.471. The molecule has 1 heterocycles. The number of imide groups is 1. The second-order valence-corrected chi connectivity index (χ2v) is 6.08. The molecule has 0 bridgehead atoms. The van der Waals surface area contributed by atoms with Crippen LogP contribution in [0.25, 0.3) is 0 Å². The van der Waals surface area contributed by atoms with Gasteiger partial charge in [-0.3, -0.25) is 19.3 Å². The fourth-order valence-corrected chi connectivity index (χ4v) is 2.69. The van der Waals surface area contributed by atoms with Crippen LogP contribution >= 0.6 is 0 Å². The quantitative estimate of drug-likeness (QED) is 0.383. The Labute approximate surface area is 153 Å². The summed E-state index contributed by atoms with van der Waals surface area (Å²) in [6, 6.07) is 6.54. The van der Waals surface area contributed by atoms with Gasteiger partial charge in [0.1, 0.15) is 0 Å². The van der Waals surface area contributed by atoms with Crippen molar-refractivity contribution >= 4 is 17.7 Å². The van der Waals surface area contributed by atoms with E-state index >= 15 is 0 Å². The average Bonchev–Trinajstić information content (AvgIpc) is 2.85. The molecule has 148 valence electrons. The van der Waals surface area contributed by atoms with Gasteiger partial charge in [-0.2, -0.15) is 18.2 Å². The van der Waals surface area contributed by atoms with E-state index in [-0.39, 0.29) is 44.4 Å². The molecule has 0 unspecified atom stereocenters. The van der Waals surface area contributed by atoms with Crippen molar-refractivity contribution in [2.45, 2.75) is 25.4 Å². The van der Waals surface area contributed by atoms with Crippen LogP contribution in [0.5, 0.6) is 0 Å². The molecule has 0 saturated carbocycles. The molecule has 1 aliphatic rings. The molecular formula is C17H20F3N3O4. The normalized spacial score (nSPS) is 14.0. The van der Waals surface area contributed by atoms with Crippen molar-refractivity contribution in [2.75, 3.05) is 26.2 Å². The maximum atomic E-state index is 12.2. The number of hydroxylamine groups is 2. The van der Waals surface area contributed by atoms with Gasteiger partial charge in [-0.15, -0.1) is 0 Å². The highest BCUT2D eigenvalue weighted by Gasteiger charge is 2.38. The maximum absolute atomic E-state index is 12.2. The lowest BCUT2D eigenvalue weighted by Crippen LogP contribution is -2.37. The van der Waals surface area contributed by atoms with E-state index < -0.39 is 12.1 Å². The van der Waals surface area contributed by atoms with Crippen LogP contribution in [0.1, 0.15) is 40.0 Å². The van der Waals surface area contributed by atoms with Gasteiger partial charge in [0, 0.05) is 26.2 Å². The number of fused-ring (bicyclic) bond motifs is 1. The zero-order chi connectivity index (χ0) is 20.0. The molecule has 0 saturated heterocycles. The summed E-state index contributed by atoms with van der Waals surface area (Å²) in [5.74, 6) is -2.70. The molecule has 0 fully saturated rings. The molecule has 7 nitrogen and oxygen atoms in total. The topological polar surface area (TPSA) is 90.0 Å². The predicted octanol–water partition coefficient (Wildman–Crippen LogP) is 1.82. The van der Waals surface area contributed by atoms with E-state index in [4.69, 9.17) is 0 Å². The molecule has 10 heteroatoms. The van der Waals surface area contributed by atoms with E-state index in [0.29, 0.717) is 24.0 Å². The third-order valence-electron chi connectivity index (χ3n) is 4.06. The number of carbonyl (C=O) groups is 3. The maximum Gasteiger partial charge on any atom is 0.471 e. The summed E-state index contributed by atoms with van der Waals surface area (Å²) in [7, 11) is 0. The van der Waals surface area contributed by atoms with Crippen molar-refractivity contribution < 1.29 is 32.8 Å². The largest absolute Gasteiger partial charge is 0.471 e. The van der Waals surface area contributed by atoms with Gasteiger partial charge in [0.15, 0.2) is 0 Å². The zero-order valence-corrected chi connectivity index (χ0v) is 14.5. The Bertz CT molecular complexity index is 674. The number of nitrogens with one attached hydrogen (secondary N) is 1. The van der Waals surface area contributed by atoms with Crippen molar-refractivity contribution in [3.05, 3.63) is 35.4 Å². The molecule has 27 heavy (non-hydrogen) atoms. The van der Waals surface area contributed by atoms with Crippen LogP contribution in [0, 0.1) is 0 Å². The van der Waals surface area contributed by atoms with Crippen molar-refractivity contribution in [1.29, 1.82) is 0 Å². The number of hydrogen-bond donors (Lipinski definition) is 2. The molecule has 3 amide bonds. The van der Waals surface area contributed by atoms with Crippen molar-refractivity contribution in [1.82, 2.24) is 15.3 Å². The summed E-state index contributed by atoms with van der Waals surface area (Å²) in [5, 5.41) is 12.5. The lowest BCUT2D eigenvalue weighted by Gasteiger charge is -2.17. The van der Waals surface area contributed by atoms with E-state index in [1.54, 1.807) is 29.6 Å². The van der Waals surface area contributed by atoms with Gasteiger partial charge in [-0.25, -0.2) is 0 Å². The summed E-state index contributed by atoms with van der Waals surface area (Å²) in [6.07, 6.45) is -3.89. The Morgan fingerprint density at radius 2 is 1.59 bits per heavy atom. The number of halogens is 3.